The van der Waals surface area contributed by atoms with E-state index in [9.17, 15) is 4.79 Å². The number of hydrogen-bond acceptors (Lipinski definition) is 4. The Labute approximate surface area is 141 Å². The fourth-order valence-electron chi connectivity index (χ4n) is 1.77. The third kappa shape index (κ3) is 5.28. The SMILES string of the molecule is CNCCNC(=O)c1ccc(-c2ccsc2)nc1C.Cl.Cl. The van der Waals surface area contributed by atoms with E-state index in [1.54, 1.807) is 11.3 Å². The van der Waals surface area contributed by atoms with Crippen LogP contribution in [0.2, 0.25) is 0 Å². The van der Waals surface area contributed by atoms with Gasteiger partial charge in [0.1, 0.15) is 0 Å². The number of carbonyl (C=O) groups excluding carboxylic acids is 1. The zero-order valence-corrected chi connectivity index (χ0v) is 14.3. The van der Waals surface area contributed by atoms with Gasteiger partial charge in [-0.2, -0.15) is 11.3 Å². The smallest absolute Gasteiger partial charge is 0.253 e. The summed E-state index contributed by atoms with van der Waals surface area (Å²) in [5.41, 5.74) is 3.39. The molecule has 7 heteroatoms. The molecule has 0 spiro atoms. The Morgan fingerprint density at radius 2 is 2.00 bits per heavy atom. The van der Waals surface area contributed by atoms with Gasteiger partial charge in [0.25, 0.3) is 5.91 Å². The quantitative estimate of drug-likeness (QED) is 0.817. The summed E-state index contributed by atoms with van der Waals surface area (Å²) in [5, 5.41) is 9.91. The van der Waals surface area contributed by atoms with Gasteiger partial charge in [0.15, 0.2) is 0 Å². The van der Waals surface area contributed by atoms with Crippen LogP contribution >= 0.6 is 36.2 Å². The van der Waals surface area contributed by atoms with Crippen molar-refractivity contribution in [2.75, 3.05) is 20.1 Å². The van der Waals surface area contributed by atoms with Gasteiger partial charge >= 0.3 is 0 Å². The Balaban J connectivity index is 0.00000200. The number of aryl methyl sites for hydroxylation is 1. The summed E-state index contributed by atoms with van der Waals surface area (Å²) in [6.45, 7) is 3.23. The van der Waals surface area contributed by atoms with E-state index in [1.165, 1.54) is 0 Å². The molecular weight excluding hydrogens is 329 g/mol. The highest BCUT2D eigenvalue weighted by atomic mass is 35.5. The molecule has 2 N–H and O–H groups in total. The van der Waals surface area contributed by atoms with Gasteiger partial charge in [0.2, 0.25) is 0 Å². The molecule has 0 fully saturated rings. The molecule has 0 saturated carbocycles. The van der Waals surface area contributed by atoms with Crippen LogP contribution in [0.4, 0.5) is 0 Å². The average Bonchev–Trinajstić information content (AvgIpc) is 2.92. The van der Waals surface area contributed by atoms with E-state index in [0.717, 1.165) is 23.5 Å². The Bertz CT molecular complexity index is 561. The van der Waals surface area contributed by atoms with Crippen molar-refractivity contribution in [1.29, 1.82) is 0 Å². The van der Waals surface area contributed by atoms with E-state index in [2.05, 4.69) is 21.0 Å². The van der Waals surface area contributed by atoms with Crippen molar-refractivity contribution in [2.24, 2.45) is 0 Å². The van der Waals surface area contributed by atoms with Gasteiger partial charge in [-0.1, -0.05) is 0 Å². The summed E-state index contributed by atoms with van der Waals surface area (Å²) in [6.07, 6.45) is 0. The van der Waals surface area contributed by atoms with Crippen molar-refractivity contribution in [3.05, 3.63) is 40.2 Å². The van der Waals surface area contributed by atoms with E-state index in [1.807, 2.05) is 37.6 Å². The molecule has 0 bridgehead atoms. The first-order valence-electron chi connectivity index (χ1n) is 6.15. The second-order valence-electron chi connectivity index (χ2n) is 4.20. The molecule has 0 atom stereocenters. The van der Waals surface area contributed by atoms with Gasteiger partial charge in [-0.05, 0) is 37.6 Å². The van der Waals surface area contributed by atoms with E-state index in [4.69, 9.17) is 0 Å². The largest absolute Gasteiger partial charge is 0.351 e. The normalized spacial score (nSPS) is 9.43. The molecule has 0 radical (unpaired) electrons. The molecular formula is C14H19Cl2N3OS. The number of likely N-dealkylation sites (N-methyl/N-ethyl adjacent to an activating group) is 1. The first-order valence-corrected chi connectivity index (χ1v) is 7.09. The molecule has 2 aromatic heterocycles. The second-order valence-corrected chi connectivity index (χ2v) is 4.98. The zero-order chi connectivity index (χ0) is 13.7. The number of amides is 1. The zero-order valence-electron chi connectivity index (χ0n) is 11.9. The molecule has 21 heavy (non-hydrogen) atoms. The number of aromatic nitrogens is 1. The molecule has 0 aliphatic heterocycles. The van der Waals surface area contributed by atoms with Crippen LogP contribution in [0.3, 0.4) is 0 Å². The molecule has 2 rings (SSSR count). The molecule has 2 heterocycles. The summed E-state index contributed by atoms with van der Waals surface area (Å²) in [5.74, 6) is -0.0721. The Morgan fingerprint density at radius 3 is 2.57 bits per heavy atom. The number of thiophene rings is 1. The molecule has 2 aromatic rings. The van der Waals surface area contributed by atoms with Gasteiger partial charge in [-0.15, -0.1) is 24.8 Å². The number of pyridine rings is 1. The molecule has 0 aromatic carbocycles. The topological polar surface area (TPSA) is 54.0 Å². The van der Waals surface area contributed by atoms with Crippen molar-refractivity contribution in [1.82, 2.24) is 15.6 Å². The van der Waals surface area contributed by atoms with Crippen LogP contribution in [0.15, 0.2) is 29.0 Å². The van der Waals surface area contributed by atoms with Gasteiger partial charge in [0.05, 0.1) is 17.0 Å². The van der Waals surface area contributed by atoms with Crippen molar-refractivity contribution < 1.29 is 4.79 Å². The molecule has 1 amide bonds. The Kier molecular flexibility index (Phi) is 9.21. The van der Waals surface area contributed by atoms with Gasteiger partial charge in [-0.25, -0.2) is 0 Å². The first kappa shape index (κ1) is 19.9. The monoisotopic (exact) mass is 347 g/mol. The predicted octanol–water partition coefficient (Wildman–Crippen LogP) is 2.91. The highest BCUT2D eigenvalue weighted by molar-refractivity contribution is 7.08. The molecule has 4 nitrogen and oxygen atoms in total. The van der Waals surface area contributed by atoms with Crippen molar-refractivity contribution >= 4 is 42.1 Å². The minimum absolute atomic E-state index is 0. The maximum Gasteiger partial charge on any atom is 0.253 e. The third-order valence-corrected chi connectivity index (χ3v) is 3.49. The molecule has 0 aliphatic carbocycles. The lowest BCUT2D eigenvalue weighted by atomic mass is 10.1. The number of hydrogen-bond donors (Lipinski definition) is 2. The molecule has 0 saturated heterocycles. The summed E-state index contributed by atoms with van der Waals surface area (Å²) in [4.78, 5) is 16.5. The number of carbonyl (C=O) groups is 1. The highest BCUT2D eigenvalue weighted by Gasteiger charge is 2.10. The first-order chi connectivity index (χ1) is 9.22. The lowest BCUT2D eigenvalue weighted by molar-refractivity contribution is 0.0953. The Morgan fingerprint density at radius 1 is 1.24 bits per heavy atom. The van der Waals surface area contributed by atoms with E-state index in [-0.39, 0.29) is 30.7 Å². The predicted molar refractivity (Wildman–Crippen MR) is 93.0 cm³/mol. The standard InChI is InChI=1S/C14H17N3OS.2ClH/c1-10-12(14(18)16-7-6-15-2)3-4-13(17-10)11-5-8-19-9-11;;/h3-5,8-9,15H,6-7H2,1-2H3,(H,16,18);2*1H. The summed E-state index contributed by atoms with van der Waals surface area (Å²) in [6, 6.07) is 5.76. The van der Waals surface area contributed by atoms with Gasteiger partial charge in [-0.3, -0.25) is 9.78 Å². The lowest BCUT2D eigenvalue weighted by Gasteiger charge is -2.08. The summed E-state index contributed by atoms with van der Waals surface area (Å²) >= 11 is 1.64. The lowest BCUT2D eigenvalue weighted by Crippen LogP contribution is -2.31. The fourth-order valence-corrected chi connectivity index (χ4v) is 2.42. The molecule has 116 valence electrons. The maximum absolute atomic E-state index is 12.0. The van der Waals surface area contributed by atoms with Crippen molar-refractivity contribution in [2.45, 2.75) is 6.92 Å². The Hall–Kier alpha value is -1.14. The number of rotatable bonds is 5. The minimum atomic E-state index is -0.0721. The van der Waals surface area contributed by atoms with Crippen molar-refractivity contribution in [3.8, 4) is 11.3 Å². The maximum atomic E-state index is 12.0. The molecule has 0 aliphatic rings. The van der Waals surface area contributed by atoms with Crippen LogP contribution in [0.1, 0.15) is 16.1 Å². The van der Waals surface area contributed by atoms with E-state index < -0.39 is 0 Å². The molecule has 0 unspecified atom stereocenters. The van der Waals surface area contributed by atoms with Gasteiger partial charge in [0, 0.05) is 24.0 Å². The number of nitrogens with one attached hydrogen (secondary N) is 2. The van der Waals surface area contributed by atoms with Crippen LogP contribution in [0.5, 0.6) is 0 Å². The van der Waals surface area contributed by atoms with Crippen LogP contribution in [-0.4, -0.2) is 31.0 Å². The highest BCUT2D eigenvalue weighted by Crippen LogP contribution is 2.21. The number of halogens is 2. The van der Waals surface area contributed by atoms with Crippen LogP contribution in [-0.2, 0) is 0 Å². The summed E-state index contributed by atoms with van der Waals surface area (Å²) < 4.78 is 0. The van der Waals surface area contributed by atoms with Crippen LogP contribution in [0, 0.1) is 6.92 Å². The minimum Gasteiger partial charge on any atom is -0.351 e. The summed E-state index contributed by atoms with van der Waals surface area (Å²) in [7, 11) is 1.86. The van der Waals surface area contributed by atoms with E-state index in [0.29, 0.717) is 12.1 Å². The van der Waals surface area contributed by atoms with Crippen LogP contribution < -0.4 is 10.6 Å². The van der Waals surface area contributed by atoms with E-state index >= 15 is 0 Å². The second kappa shape index (κ2) is 9.73. The number of nitrogens with zero attached hydrogens (tertiary/aromatic N) is 1. The fraction of sp³-hybridized carbons (Fsp3) is 0.286. The average molecular weight is 348 g/mol. The van der Waals surface area contributed by atoms with Crippen molar-refractivity contribution in [3.63, 3.8) is 0 Å². The van der Waals surface area contributed by atoms with Gasteiger partial charge < -0.3 is 10.6 Å². The van der Waals surface area contributed by atoms with Crippen LogP contribution in [0.25, 0.3) is 11.3 Å². The third-order valence-electron chi connectivity index (χ3n) is 2.81.